The number of hydrogen-bond acceptors (Lipinski definition) is 2. The third-order valence-electron chi connectivity index (χ3n) is 8.73. The van der Waals surface area contributed by atoms with Crippen LogP contribution >= 0.6 is 17.0 Å². The van der Waals surface area contributed by atoms with Crippen molar-refractivity contribution in [1.82, 2.24) is 0 Å². The summed E-state index contributed by atoms with van der Waals surface area (Å²) in [5, 5.41) is 5.28. The summed E-state index contributed by atoms with van der Waals surface area (Å²) < 4.78 is 11.8. The second-order valence-corrected chi connectivity index (χ2v) is 17.2. The summed E-state index contributed by atoms with van der Waals surface area (Å²) in [6, 6.07) is 58.6. The van der Waals surface area contributed by atoms with Gasteiger partial charge in [-0.05, 0) is 72.5 Å². The van der Waals surface area contributed by atoms with Gasteiger partial charge in [0.05, 0.1) is 0 Å². The van der Waals surface area contributed by atoms with Gasteiger partial charge in [0.25, 0.3) is 0 Å². The van der Waals surface area contributed by atoms with E-state index in [9.17, 15) is 0 Å². The van der Waals surface area contributed by atoms with E-state index >= 15 is 0 Å². The number of para-hydroxylation sites is 2. The molecule has 0 amide bonds. The molecule has 0 aliphatic rings. The van der Waals surface area contributed by atoms with Gasteiger partial charge in [-0.25, -0.2) is 0 Å². The molecule has 0 fully saturated rings. The van der Waals surface area contributed by atoms with Crippen LogP contribution in [-0.4, -0.2) is 9.52 Å². The van der Waals surface area contributed by atoms with Gasteiger partial charge in [-0.15, -0.1) is 69.1 Å². The fourth-order valence-corrected chi connectivity index (χ4v) is 6.16. The Labute approximate surface area is 341 Å². The van der Waals surface area contributed by atoms with Gasteiger partial charge in [-0.1, -0.05) is 111 Å². The first-order valence-electron chi connectivity index (χ1n) is 18.1. The average Bonchev–Trinajstić information content (AvgIpc) is 3.85. The molecule has 8 aromatic carbocycles. The number of rotatable bonds is 8. The fourth-order valence-electron chi connectivity index (χ4n) is 6.16. The maximum atomic E-state index is 5.88. The van der Waals surface area contributed by atoms with Crippen LogP contribution in [0.4, 0.5) is 0 Å². The maximum absolute atomic E-state index is 5.88. The monoisotopic (exact) mass is 840 g/mol. The van der Waals surface area contributed by atoms with Crippen molar-refractivity contribution >= 4 is 48.1 Å². The van der Waals surface area contributed by atoms with E-state index in [0.717, 1.165) is 45.4 Å². The Hall–Kier alpha value is -4.18. The molecule has 270 valence electrons. The molecule has 8 aromatic rings. The minimum absolute atomic E-state index is 0.826. The molecule has 2 radical (unpaired) electrons. The Morgan fingerprint density at radius 1 is 0.481 bits per heavy atom. The van der Waals surface area contributed by atoms with E-state index in [1.807, 2.05) is 84.9 Å². The quantitative estimate of drug-likeness (QED) is 0.112. The van der Waals surface area contributed by atoms with Gasteiger partial charge in [0, 0.05) is 9.52 Å². The number of hydrogen-bond donors (Lipinski definition) is 0. The molecule has 0 bridgehead atoms. The number of aryl methyl sites for hydroxylation is 2. The Morgan fingerprint density at radius 2 is 0.815 bits per heavy atom. The van der Waals surface area contributed by atoms with Crippen molar-refractivity contribution in [2.24, 2.45) is 0 Å². The summed E-state index contributed by atoms with van der Waals surface area (Å²) in [6.07, 6.45) is 2.13. The number of ether oxygens (including phenoxy) is 2. The molecule has 0 heterocycles. The Kier molecular flexibility index (Phi) is 16.4. The van der Waals surface area contributed by atoms with Crippen LogP contribution < -0.4 is 9.47 Å². The van der Waals surface area contributed by atoms with E-state index in [-0.39, 0.29) is 0 Å². The molecule has 0 spiro atoms. The van der Waals surface area contributed by atoms with Crippen molar-refractivity contribution in [2.45, 2.75) is 39.8 Å². The van der Waals surface area contributed by atoms with E-state index in [4.69, 9.17) is 26.5 Å². The molecule has 0 N–H and O–H groups in total. The van der Waals surface area contributed by atoms with Crippen molar-refractivity contribution in [1.29, 1.82) is 0 Å². The number of halogens is 2. The molecule has 0 aliphatic heterocycles. The predicted octanol–water partition coefficient (Wildman–Crippen LogP) is 15.3. The normalized spacial score (nSPS) is 10.2. The van der Waals surface area contributed by atoms with Crippen molar-refractivity contribution in [3.8, 4) is 45.3 Å². The molecule has 54 heavy (non-hydrogen) atoms. The first-order valence-corrected chi connectivity index (χ1v) is 26.4. The molecule has 0 unspecified atom stereocenters. The summed E-state index contributed by atoms with van der Waals surface area (Å²) in [5.41, 5.74) is 7.77. The van der Waals surface area contributed by atoms with E-state index in [0.29, 0.717) is 0 Å². The van der Waals surface area contributed by atoms with Crippen molar-refractivity contribution in [2.75, 3.05) is 0 Å². The molecule has 2 nitrogen and oxygen atoms in total. The van der Waals surface area contributed by atoms with E-state index in [1.165, 1.54) is 54.9 Å². The summed E-state index contributed by atoms with van der Waals surface area (Å²) in [6.45, 7) is 8.70. The van der Waals surface area contributed by atoms with Gasteiger partial charge in [-0.2, -0.15) is 12.1 Å². The van der Waals surface area contributed by atoms with E-state index < -0.39 is 20.8 Å². The van der Waals surface area contributed by atoms with Crippen LogP contribution in [0.15, 0.2) is 170 Å². The van der Waals surface area contributed by atoms with E-state index in [1.54, 1.807) is 0 Å². The molecule has 6 heteroatoms. The second kappa shape index (κ2) is 21.6. The fraction of sp³-hybridized carbons (Fsp3) is 0.125. The Bertz CT molecular complexity index is 2120. The molecular formula is C48H44Cl2O2SiZr. The summed E-state index contributed by atoms with van der Waals surface area (Å²) in [7, 11) is 11.0. The van der Waals surface area contributed by atoms with Crippen molar-refractivity contribution in [3.63, 3.8) is 0 Å². The van der Waals surface area contributed by atoms with Gasteiger partial charge < -0.3 is 9.47 Å². The molecule has 8 rings (SSSR count). The van der Waals surface area contributed by atoms with Gasteiger partial charge in [0.15, 0.2) is 0 Å². The standard InChI is InChI=1S/2C23H19O.C2H6Si.2ClH.Zr/c2*1-2-17-15-19-7-6-10-22(23(19)16-17)18-11-13-21(14-12-18)24-20-8-4-3-5-9-20;1-3-2;;;/h2*3-16H,2H2,1H3;1-2H3;2*1H;/q2*-1;;;;+4/p-2. The zero-order valence-corrected chi connectivity index (χ0v) is 36.1. The van der Waals surface area contributed by atoms with Crippen LogP contribution in [0, 0.1) is 0 Å². The topological polar surface area (TPSA) is 18.5 Å². The molecule has 0 aliphatic carbocycles. The van der Waals surface area contributed by atoms with Crippen molar-refractivity contribution < 1.29 is 30.3 Å². The van der Waals surface area contributed by atoms with Crippen LogP contribution in [0.1, 0.15) is 25.0 Å². The summed E-state index contributed by atoms with van der Waals surface area (Å²) in [5.74, 6) is 3.43. The molecule has 0 saturated carbocycles. The zero-order valence-electron chi connectivity index (χ0n) is 31.2. The zero-order chi connectivity index (χ0) is 38.1. The predicted molar refractivity (Wildman–Crippen MR) is 231 cm³/mol. The third-order valence-corrected chi connectivity index (χ3v) is 8.73. The SMILES string of the molecule is CCc1cc2c(-c3ccc(Oc4ccccc4)cc3)cccc2[cH-]1.CCc1cc2c(-c3ccc(Oc4ccccc4)cc3)cccc2[cH-]1.C[Si]C.[Cl][Zr+2][Cl]. The van der Waals surface area contributed by atoms with Crippen LogP contribution in [0.5, 0.6) is 23.0 Å². The van der Waals surface area contributed by atoms with Crippen LogP contribution in [-0.2, 0) is 33.7 Å². The first-order chi connectivity index (χ1) is 26.5. The second-order valence-electron chi connectivity index (χ2n) is 12.5. The third kappa shape index (κ3) is 11.4. The minimum atomic E-state index is -0.826. The number of fused-ring (bicyclic) bond motifs is 2. The summed E-state index contributed by atoms with van der Waals surface area (Å²) >= 11 is -0.826. The first kappa shape index (κ1) is 41.0. The van der Waals surface area contributed by atoms with Gasteiger partial charge in [0.2, 0.25) is 0 Å². The summed E-state index contributed by atoms with van der Waals surface area (Å²) in [4.78, 5) is 0. The molecule has 0 saturated heterocycles. The Morgan fingerprint density at radius 3 is 1.15 bits per heavy atom. The molecule has 0 aromatic heterocycles. The average molecular weight is 843 g/mol. The molecular weight excluding hydrogens is 799 g/mol. The van der Waals surface area contributed by atoms with Crippen LogP contribution in [0.3, 0.4) is 0 Å². The van der Waals surface area contributed by atoms with Gasteiger partial charge in [-0.3, -0.25) is 0 Å². The van der Waals surface area contributed by atoms with Gasteiger partial charge in [0.1, 0.15) is 23.0 Å². The van der Waals surface area contributed by atoms with Crippen LogP contribution in [0.25, 0.3) is 43.8 Å². The van der Waals surface area contributed by atoms with Crippen LogP contribution in [0.2, 0.25) is 13.1 Å². The number of benzene rings is 6. The Balaban J connectivity index is 0.000000182. The van der Waals surface area contributed by atoms with E-state index in [2.05, 4.69) is 112 Å². The molecule has 0 atom stereocenters. The van der Waals surface area contributed by atoms with Crippen molar-refractivity contribution in [3.05, 3.63) is 181 Å². The van der Waals surface area contributed by atoms with Gasteiger partial charge >= 0.3 is 37.9 Å².